The fourth-order valence-electron chi connectivity index (χ4n) is 2.93. The van der Waals surface area contributed by atoms with Crippen LogP contribution in [0, 0.1) is 0 Å². The van der Waals surface area contributed by atoms with Gasteiger partial charge in [0.05, 0.1) is 12.6 Å². The molecule has 0 bridgehead atoms. The van der Waals surface area contributed by atoms with Crippen molar-refractivity contribution in [1.82, 2.24) is 5.32 Å². The molecular formula is C18H20ClNO. The Morgan fingerprint density at radius 2 is 1.95 bits per heavy atom. The molecule has 1 N–H and O–H groups in total. The third kappa shape index (κ3) is 2.54. The molecule has 3 heteroatoms. The Balaban J connectivity index is 2.06. The van der Waals surface area contributed by atoms with Gasteiger partial charge >= 0.3 is 0 Å². The monoisotopic (exact) mass is 301 g/mol. The Kier molecular flexibility index (Phi) is 3.68. The molecular weight excluding hydrogens is 282 g/mol. The number of nitrogens with one attached hydrogen (secondary N) is 1. The minimum atomic E-state index is 0.0596. The van der Waals surface area contributed by atoms with E-state index in [1.807, 2.05) is 25.2 Å². The van der Waals surface area contributed by atoms with Crippen LogP contribution < -0.4 is 10.1 Å². The third-order valence-corrected chi connectivity index (χ3v) is 4.50. The summed E-state index contributed by atoms with van der Waals surface area (Å²) in [5.74, 6) is 0.998. The normalized spacial score (nSPS) is 17.1. The molecule has 21 heavy (non-hydrogen) atoms. The lowest BCUT2D eigenvalue weighted by Gasteiger charge is -2.21. The third-order valence-electron chi connectivity index (χ3n) is 4.16. The van der Waals surface area contributed by atoms with Gasteiger partial charge in [0.1, 0.15) is 5.75 Å². The van der Waals surface area contributed by atoms with Crippen LogP contribution in [0.2, 0.25) is 5.02 Å². The molecule has 2 aromatic carbocycles. The van der Waals surface area contributed by atoms with E-state index in [0.29, 0.717) is 0 Å². The van der Waals surface area contributed by atoms with Crippen LogP contribution in [0.25, 0.3) is 0 Å². The maximum atomic E-state index is 6.36. The molecule has 1 atom stereocenters. The summed E-state index contributed by atoms with van der Waals surface area (Å²) in [4.78, 5) is 0. The van der Waals surface area contributed by atoms with Gasteiger partial charge in [0.15, 0.2) is 0 Å². The summed E-state index contributed by atoms with van der Waals surface area (Å²) in [6.45, 7) is 5.17. The van der Waals surface area contributed by atoms with Crippen molar-refractivity contribution in [2.45, 2.75) is 25.3 Å². The van der Waals surface area contributed by atoms with Crippen LogP contribution in [-0.4, -0.2) is 13.7 Å². The molecule has 1 heterocycles. The first-order valence-corrected chi connectivity index (χ1v) is 7.59. The Hall–Kier alpha value is -1.51. The topological polar surface area (TPSA) is 21.3 Å². The molecule has 0 aromatic heterocycles. The summed E-state index contributed by atoms with van der Waals surface area (Å²) in [6, 6.07) is 14.5. The summed E-state index contributed by atoms with van der Waals surface area (Å²) in [5.41, 5.74) is 3.64. The van der Waals surface area contributed by atoms with E-state index in [2.05, 4.69) is 43.4 Å². The number of halogens is 1. The summed E-state index contributed by atoms with van der Waals surface area (Å²) < 4.78 is 5.77. The second-order valence-electron chi connectivity index (χ2n) is 6.17. The van der Waals surface area contributed by atoms with Crippen LogP contribution in [0.1, 0.15) is 36.6 Å². The molecule has 0 fully saturated rings. The number of hydrogen-bond acceptors (Lipinski definition) is 2. The fraction of sp³-hybridized carbons (Fsp3) is 0.333. The lowest BCUT2D eigenvalue weighted by atomic mass is 9.85. The van der Waals surface area contributed by atoms with E-state index in [9.17, 15) is 0 Å². The van der Waals surface area contributed by atoms with Crippen LogP contribution in [-0.2, 0) is 5.41 Å². The average Bonchev–Trinajstić information content (AvgIpc) is 2.77. The smallest absolute Gasteiger partial charge is 0.123 e. The van der Waals surface area contributed by atoms with E-state index < -0.39 is 0 Å². The first-order valence-electron chi connectivity index (χ1n) is 7.22. The number of ether oxygens (including phenoxy) is 1. The van der Waals surface area contributed by atoms with Crippen molar-refractivity contribution in [1.29, 1.82) is 0 Å². The first kappa shape index (κ1) is 14.4. The molecule has 2 nitrogen and oxygen atoms in total. The highest BCUT2D eigenvalue weighted by molar-refractivity contribution is 6.31. The zero-order chi connectivity index (χ0) is 15.0. The lowest BCUT2D eigenvalue weighted by Crippen LogP contribution is -2.20. The standard InChI is InChI=1S/C18H20ClNO/c1-18(2)11-21-16-9-8-12(10-14(16)18)17(20-3)13-6-4-5-7-15(13)19/h4-10,17,20H,11H2,1-3H3. The highest BCUT2D eigenvalue weighted by atomic mass is 35.5. The molecule has 1 aliphatic heterocycles. The van der Waals surface area contributed by atoms with Crippen molar-refractivity contribution in [3.8, 4) is 5.75 Å². The van der Waals surface area contributed by atoms with E-state index in [1.165, 1.54) is 11.1 Å². The molecule has 1 unspecified atom stereocenters. The van der Waals surface area contributed by atoms with Gasteiger partial charge in [-0.2, -0.15) is 0 Å². The minimum Gasteiger partial charge on any atom is -0.492 e. The van der Waals surface area contributed by atoms with Gasteiger partial charge in [-0.1, -0.05) is 49.7 Å². The SMILES string of the molecule is CNC(c1ccc2c(c1)C(C)(C)CO2)c1ccccc1Cl. The zero-order valence-electron chi connectivity index (χ0n) is 12.6. The quantitative estimate of drug-likeness (QED) is 0.911. The molecule has 3 rings (SSSR count). The summed E-state index contributed by atoms with van der Waals surface area (Å²) in [6.07, 6.45) is 0. The van der Waals surface area contributed by atoms with Crippen molar-refractivity contribution in [3.63, 3.8) is 0 Å². The van der Waals surface area contributed by atoms with Crippen molar-refractivity contribution >= 4 is 11.6 Å². The largest absolute Gasteiger partial charge is 0.492 e. The van der Waals surface area contributed by atoms with Gasteiger partial charge in [-0.05, 0) is 36.4 Å². The molecule has 110 valence electrons. The predicted octanol–water partition coefficient (Wildman–Crippen LogP) is 4.32. The van der Waals surface area contributed by atoms with E-state index in [-0.39, 0.29) is 11.5 Å². The van der Waals surface area contributed by atoms with E-state index >= 15 is 0 Å². The van der Waals surface area contributed by atoms with E-state index in [4.69, 9.17) is 16.3 Å². The molecule has 0 saturated heterocycles. The van der Waals surface area contributed by atoms with Crippen LogP contribution in [0.4, 0.5) is 0 Å². The number of rotatable bonds is 3. The lowest BCUT2D eigenvalue weighted by molar-refractivity contribution is 0.291. The number of hydrogen-bond donors (Lipinski definition) is 1. The molecule has 0 amide bonds. The highest BCUT2D eigenvalue weighted by Crippen LogP contribution is 2.40. The Morgan fingerprint density at radius 3 is 2.67 bits per heavy atom. The fourth-order valence-corrected chi connectivity index (χ4v) is 3.17. The van der Waals surface area contributed by atoms with Gasteiger partial charge in [0.25, 0.3) is 0 Å². The van der Waals surface area contributed by atoms with Gasteiger partial charge in [-0.15, -0.1) is 0 Å². The van der Waals surface area contributed by atoms with Crippen molar-refractivity contribution < 1.29 is 4.74 Å². The van der Waals surface area contributed by atoms with Crippen LogP contribution in [0.3, 0.4) is 0 Å². The van der Waals surface area contributed by atoms with Crippen molar-refractivity contribution in [2.75, 3.05) is 13.7 Å². The second-order valence-corrected chi connectivity index (χ2v) is 6.58. The van der Waals surface area contributed by atoms with Crippen LogP contribution in [0.5, 0.6) is 5.75 Å². The maximum Gasteiger partial charge on any atom is 0.123 e. The van der Waals surface area contributed by atoms with E-state index in [0.717, 1.165) is 22.9 Å². The zero-order valence-corrected chi connectivity index (χ0v) is 13.4. The highest BCUT2D eigenvalue weighted by Gasteiger charge is 2.32. The number of fused-ring (bicyclic) bond motifs is 1. The van der Waals surface area contributed by atoms with Gasteiger partial charge in [0.2, 0.25) is 0 Å². The molecule has 0 radical (unpaired) electrons. The van der Waals surface area contributed by atoms with Gasteiger partial charge in [-0.3, -0.25) is 0 Å². The minimum absolute atomic E-state index is 0.0596. The molecule has 0 saturated carbocycles. The predicted molar refractivity (Wildman–Crippen MR) is 87.3 cm³/mol. The second kappa shape index (κ2) is 5.36. The maximum absolute atomic E-state index is 6.36. The van der Waals surface area contributed by atoms with Crippen molar-refractivity contribution in [3.05, 3.63) is 64.2 Å². The Labute approximate surface area is 131 Å². The molecule has 1 aliphatic rings. The van der Waals surface area contributed by atoms with Gasteiger partial charge in [-0.25, -0.2) is 0 Å². The Morgan fingerprint density at radius 1 is 1.19 bits per heavy atom. The molecule has 2 aromatic rings. The van der Waals surface area contributed by atoms with Crippen molar-refractivity contribution in [2.24, 2.45) is 0 Å². The first-order chi connectivity index (χ1) is 10.0. The molecule has 0 aliphatic carbocycles. The average molecular weight is 302 g/mol. The van der Waals surface area contributed by atoms with Gasteiger partial charge < -0.3 is 10.1 Å². The number of benzene rings is 2. The van der Waals surface area contributed by atoms with E-state index in [1.54, 1.807) is 0 Å². The molecule has 0 spiro atoms. The summed E-state index contributed by atoms with van der Waals surface area (Å²) in [5, 5.41) is 4.15. The summed E-state index contributed by atoms with van der Waals surface area (Å²) in [7, 11) is 1.96. The van der Waals surface area contributed by atoms with Crippen LogP contribution in [0.15, 0.2) is 42.5 Å². The van der Waals surface area contributed by atoms with Gasteiger partial charge in [0, 0.05) is 16.0 Å². The summed E-state index contributed by atoms with van der Waals surface area (Å²) >= 11 is 6.36. The Bertz CT molecular complexity index is 666. The van der Waals surface area contributed by atoms with Crippen LogP contribution >= 0.6 is 11.6 Å².